The van der Waals surface area contributed by atoms with Gasteiger partial charge in [0.15, 0.2) is 11.5 Å². The lowest BCUT2D eigenvalue weighted by Crippen LogP contribution is -2.03. The number of esters is 1. The summed E-state index contributed by atoms with van der Waals surface area (Å²) in [6.45, 7) is 6.27. The van der Waals surface area contributed by atoms with Crippen LogP contribution in [0, 0.1) is 6.92 Å². The normalized spacial score (nSPS) is 10.7. The minimum atomic E-state index is -0.374. The lowest BCUT2D eigenvalue weighted by molar-refractivity contribution is 0.0531. The standard InChI is InChI=1S/C17H21N3O4S/c1-5-23-14-12(8-7-9-13(14)22-4)10-18-20-17-19-11(3)15(25-17)16(21)24-6-2/h7-10H,5-6H2,1-4H3,(H,19,20)/b18-10+. The van der Waals surface area contributed by atoms with Crippen molar-refractivity contribution in [3.63, 3.8) is 0 Å². The molecular formula is C17H21N3O4S. The number of aryl methyl sites for hydroxylation is 1. The molecule has 0 aliphatic heterocycles. The highest BCUT2D eigenvalue weighted by atomic mass is 32.1. The summed E-state index contributed by atoms with van der Waals surface area (Å²) < 4.78 is 15.9. The van der Waals surface area contributed by atoms with Gasteiger partial charge in [0.1, 0.15) is 4.88 Å². The summed E-state index contributed by atoms with van der Waals surface area (Å²) in [5.74, 6) is 0.891. The number of ether oxygens (including phenoxy) is 3. The highest BCUT2D eigenvalue weighted by Crippen LogP contribution is 2.30. The maximum Gasteiger partial charge on any atom is 0.350 e. The maximum absolute atomic E-state index is 11.8. The molecule has 8 heteroatoms. The summed E-state index contributed by atoms with van der Waals surface area (Å²) in [6, 6.07) is 5.55. The van der Waals surface area contributed by atoms with E-state index in [0.29, 0.717) is 40.4 Å². The molecule has 7 nitrogen and oxygen atoms in total. The first kappa shape index (κ1) is 18.7. The molecule has 0 atom stereocenters. The van der Waals surface area contributed by atoms with Crippen molar-refractivity contribution in [2.45, 2.75) is 20.8 Å². The molecular weight excluding hydrogens is 342 g/mol. The van der Waals surface area contributed by atoms with Crippen LogP contribution in [0.3, 0.4) is 0 Å². The van der Waals surface area contributed by atoms with Crippen LogP contribution < -0.4 is 14.9 Å². The van der Waals surface area contributed by atoms with Crippen molar-refractivity contribution in [2.24, 2.45) is 5.10 Å². The van der Waals surface area contributed by atoms with Gasteiger partial charge in [-0.25, -0.2) is 9.78 Å². The number of nitrogens with one attached hydrogen (secondary N) is 1. The van der Waals surface area contributed by atoms with Crippen molar-refractivity contribution in [2.75, 3.05) is 25.7 Å². The third-order valence-corrected chi connectivity index (χ3v) is 4.18. The molecule has 0 saturated heterocycles. The first-order valence-corrected chi connectivity index (χ1v) is 8.65. The van der Waals surface area contributed by atoms with Crippen molar-refractivity contribution < 1.29 is 19.0 Å². The number of aromatic nitrogens is 1. The van der Waals surface area contributed by atoms with Gasteiger partial charge >= 0.3 is 5.97 Å². The first-order valence-electron chi connectivity index (χ1n) is 7.84. The van der Waals surface area contributed by atoms with Crippen molar-refractivity contribution >= 4 is 28.7 Å². The molecule has 2 aromatic rings. The third-order valence-electron chi connectivity index (χ3n) is 3.14. The number of hydrazone groups is 1. The number of nitrogens with zero attached hydrogens (tertiary/aromatic N) is 2. The minimum Gasteiger partial charge on any atom is -0.493 e. The molecule has 0 fully saturated rings. The van der Waals surface area contributed by atoms with E-state index in [4.69, 9.17) is 14.2 Å². The fraction of sp³-hybridized carbons (Fsp3) is 0.353. The molecule has 1 heterocycles. The predicted octanol–water partition coefficient (Wildman–Crippen LogP) is 3.48. The lowest BCUT2D eigenvalue weighted by atomic mass is 10.2. The van der Waals surface area contributed by atoms with Gasteiger partial charge in [-0.3, -0.25) is 5.43 Å². The van der Waals surface area contributed by atoms with Crippen LogP contribution in [0.5, 0.6) is 11.5 Å². The molecule has 0 aliphatic carbocycles. The van der Waals surface area contributed by atoms with Crippen LogP contribution in [-0.4, -0.2) is 37.5 Å². The fourth-order valence-electron chi connectivity index (χ4n) is 2.08. The summed E-state index contributed by atoms with van der Waals surface area (Å²) in [4.78, 5) is 16.6. The Labute approximate surface area is 150 Å². The second-order valence-electron chi connectivity index (χ2n) is 4.84. The number of hydrogen-bond acceptors (Lipinski definition) is 8. The summed E-state index contributed by atoms with van der Waals surface area (Å²) in [5.41, 5.74) is 4.21. The van der Waals surface area contributed by atoms with Crippen LogP contribution in [0.1, 0.15) is 34.8 Å². The molecule has 0 unspecified atom stereocenters. The van der Waals surface area contributed by atoms with E-state index in [1.807, 2.05) is 25.1 Å². The van der Waals surface area contributed by atoms with Crippen LogP contribution >= 0.6 is 11.3 Å². The summed E-state index contributed by atoms with van der Waals surface area (Å²) in [5, 5.41) is 4.69. The molecule has 134 valence electrons. The van der Waals surface area contributed by atoms with Crippen LogP contribution in [0.15, 0.2) is 23.3 Å². The molecule has 0 saturated carbocycles. The molecule has 0 radical (unpaired) electrons. The quantitative estimate of drug-likeness (QED) is 0.439. The van der Waals surface area contributed by atoms with Gasteiger partial charge in [-0.2, -0.15) is 5.10 Å². The lowest BCUT2D eigenvalue weighted by Gasteiger charge is -2.11. The van der Waals surface area contributed by atoms with Gasteiger partial charge in [-0.1, -0.05) is 17.4 Å². The topological polar surface area (TPSA) is 82.0 Å². The predicted molar refractivity (Wildman–Crippen MR) is 98.2 cm³/mol. The number of methoxy groups -OCH3 is 1. The van der Waals surface area contributed by atoms with Gasteiger partial charge in [0.25, 0.3) is 0 Å². The molecule has 1 aromatic heterocycles. The Kier molecular flexibility index (Phi) is 6.76. The monoisotopic (exact) mass is 363 g/mol. The number of para-hydroxylation sites is 1. The minimum absolute atomic E-state index is 0.327. The zero-order valence-corrected chi connectivity index (χ0v) is 15.5. The van der Waals surface area contributed by atoms with E-state index >= 15 is 0 Å². The average Bonchev–Trinajstić information content (AvgIpc) is 2.97. The second-order valence-corrected chi connectivity index (χ2v) is 5.83. The van der Waals surface area contributed by atoms with Crippen molar-refractivity contribution in [3.8, 4) is 11.5 Å². The van der Waals surface area contributed by atoms with E-state index in [9.17, 15) is 4.79 Å². The number of carbonyl (C=O) groups excluding carboxylic acids is 1. The van der Waals surface area contributed by atoms with E-state index in [1.165, 1.54) is 11.3 Å². The number of benzene rings is 1. The largest absolute Gasteiger partial charge is 0.493 e. The Morgan fingerprint density at radius 3 is 2.84 bits per heavy atom. The van der Waals surface area contributed by atoms with Gasteiger partial charge in [-0.05, 0) is 32.9 Å². The van der Waals surface area contributed by atoms with Gasteiger partial charge in [-0.15, -0.1) is 0 Å². The van der Waals surface area contributed by atoms with E-state index in [2.05, 4.69) is 15.5 Å². The van der Waals surface area contributed by atoms with Crippen molar-refractivity contribution in [1.82, 2.24) is 4.98 Å². The third kappa shape index (κ3) is 4.69. The molecule has 0 spiro atoms. The average molecular weight is 363 g/mol. The molecule has 0 aliphatic rings. The molecule has 0 bridgehead atoms. The van der Waals surface area contributed by atoms with Crippen molar-refractivity contribution in [1.29, 1.82) is 0 Å². The number of hydrogen-bond donors (Lipinski definition) is 1. The first-order chi connectivity index (χ1) is 12.1. The van der Waals surface area contributed by atoms with Crippen LogP contribution in [0.25, 0.3) is 0 Å². The highest BCUT2D eigenvalue weighted by molar-refractivity contribution is 7.17. The van der Waals surface area contributed by atoms with E-state index in [0.717, 1.165) is 5.56 Å². The summed E-state index contributed by atoms with van der Waals surface area (Å²) in [6.07, 6.45) is 1.62. The van der Waals surface area contributed by atoms with Gasteiger partial charge in [0, 0.05) is 5.56 Å². The fourth-order valence-corrected chi connectivity index (χ4v) is 2.89. The highest BCUT2D eigenvalue weighted by Gasteiger charge is 2.16. The SMILES string of the molecule is CCOC(=O)c1sc(N/N=C/c2cccc(OC)c2OCC)nc1C. The van der Waals surface area contributed by atoms with Crippen LogP contribution in [0.4, 0.5) is 5.13 Å². The van der Waals surface area contributed by atoms with E-state index in [1.54, 1.807) is 27.2 Å². The Morgan fingerprint density at radius 2 is 2.16 bits per heavy atom. The number of thiazole rings is 1. The Morgan fingerprint density at radius 1 is 1.36 bits per heavy atom. The van der Waals surface area contributed by atoms with E-state index < -0.39 is 0 Å². The summed E-state index contributed by atoms with van der Waals surface area (Å²) >= 11 is 1.20. The number of rotatable bonds is 8. The smallest absolute Gasteiger partial charge is 0.350 e. The number of anilines is 1. The molecule has 25 heavy (non-hydrogen) atoms. The van der Waals surface area contributed by atoms with Crippen molar-refractivity contribution in [3.05, 3.63) is 34.3 Å². The molecule has 1 N–H and O–H groups in total. The van der Waals surface area contributed by atoms with Gasteiger partial charge < -0.3 is 14.2 Å². The van der Waals surface area contributed by atoms with E-state index in [-0.39, 0.29) is 5.97 Å². The molecule has 0 amide bonds. The molecule has 2 rings (SSSR count). The second kappa shape index (κ2) is 9.03. The Hall–Kier alpha value is -2.61. The maximum atomic E-state index is 11.8. The number of carbonyl (C=O) groups is 1. The zero-order valence-electron chi connectivity index (χ0n) is 14.7. The van der Waals surface area contributed by atoms with Gasteiger partial charge in [0.2, 0.25) is 5.13 Å². The summed E-state index contributed by atoms with van der Waals surface area (Å²) in [7, 11) is 1.59. The molecule has 1 aromatic carbocycles. The zero-order chi connectivity index (χ0) is 18.2. The Bertz CT molecular complexity index is 758. The van der Waals surface area contributed by atoms with Crippen LogP contribution in [-0.2, 0) is 4.74 Å². The van der Waals surface area contributed by atoms with Gasteiger partial charge in [0.05, 0.1) is 32.2 Å². The Balaban J connectivity index is 2.14. The van der Waals surface area contributed by atoms with Crippen LogP contribution in [0.2, 0.25) is 0 Å².